The van der Waals surface area contributed by atoms with Crippen molar-refractivity contribution >= 4 is 22.9 Å². The fourth-order valence-electron chi connectivity index (χ4n) is 4.60. The van der Waals surface area contributed by atoms with Gasteiger partial charge in [0.15, 0.2) is 12.7 Å². The van der Waals surface area contributed by atoms with Crippen LogP contribution < -0.4 is 4.57 Å². The molecule has 0 fully saturated rings. The topological polar surface area (TPSA) is 51.8 Å². The van der Waals surface area contributed by atoms with Crippen molar-refractivity contribution in [1.29, 1.82) is 0 Å². The van der Waals surface area contributed by atoms with Gasteiger partial charge in [-0.1, -0.05) is 18.2 Å². The van der Waals surface area contributed by atoms with E-state index in [1.165, 1.54) is 23.9 Å². The summed E-state index contributed by atoms with van der Waals surface area (Å²) in [6, 6.07) is 2.17. The van der Waals surface area contributed by atoms with Crippen LogP contribution in [0.4, 0.5) is 5.69 Å². The Morgan fingerprint density at radius 1 is 1.42 bits per heavy atom. The van der Waals surface area contributed by atoms with Gasteiger partial charge in [0.1, 0.15) is 11.8 Å². The molecule has 26 heavy (non-hydrogen) atoms. The Balaban J connectivity index is 1.60. The predicted molar refractivity (Wildman–Crippen MR) is 96.8 cm³/mol. The molecule has 5 nitrogen and oxygen atoms in total. The van der Waals surface area contributed by atoms with Gasteiger partial charge in [-0.15, -0.1) is 0 Å². The number of aliphatic imine (C=N–C) groups is 1. The molecule has 0 amide bonds. The van der Waals surface area contributed by atoms with Crippen LogP contribution in [0, 0.1) is 11.8 Å². The SMILES string of the molecule is COC(=O)C1=CO[C@@H](C)[C@@H]2C[n+]3ccc4c(c3C[C@H]12)N=C1CC=CC=C14. The largest absolute Gasteiger partial charge is 0.497 e. The van der Waals surface area contributed by atoms with Crippen LogP contribution in [0.5, 0.6) is 0 Å². The smallest absolute Gasteiger partial charge is 0.337 e. The van der Waals surface area contributed by atoms with Gasteiger partial charge >= 0.3 is 5.97 Å². The zero-order valence-electron chi connectivity index (χ0n) is 14.9. The number of ether oxygens (including phenoxy) is 2. The monoisotopic (exact) mass is 349 g/mol. The number of rotatable bonds is 1. The lowest BCUT2D eigenvalue weighted by molar-refractivity contribution is -0.718. The molecule has 0 saturated carbocycles. The Labute approximate surface area is 152 Å². The Morgan fingerprint density at radius 3 is 3.15 bits per heavy atom. The molecule has 0 N–H and O–H groups in total. The van der Waals surface area contributed by atoms with Crippen molar-refractivity contribution in [3.05, 3.63) is 53.6 Å². The van der Waals surface area contributed by atoms with Gasteiger partial charge in [0.25, 0.3) is 0 Å². The molecule has 0 bridgehead atoms. The van der Waals surface area contributed by atoms with Gasteiger partial charge in [-0.2, -0.15) is 0 Å². The van der Waals surface area contributed by atoms with Gasteiger partial charge in [0.2, 0.25) is 5.69 Å². The van der Waals surface area contributed by atoms with E-state index in [-0.39, 0.29) is 23.9 Å². The van der Waals surface area contributed by atoms with Crippen LogP contribution in [0.15, 0.2) is 47.3 Å². The summed E-state index contributed by atoms with van der Waals surface area (Å²) < 4.78 is 13.0. The molecule has 1 aromatic rings. The first-order chi connectivity index (χ1) is 12.7. The van der Waals surface area contributed by atoms with Crippen molar-refractivity contribution < 1.29 is 18.8 Å². The Hall–Kier alpha value is -2.69. The van der Waals surface area contributed by atoms with Crippen LogP contribution in [0.25, 0.3) is 5.57 Å². The molecule has 4 aliphatic rings. The molecule has 0 spiro atoms. The third-order valence-electron chi connectivity index (χ3n) is 6.03. The van der Waals surface area contributed by atoms with Crippen LogP contribution in [0.2, 0.25) is 0 Å². The number of carbonyl (C=O) groups excluding carboxylic acids is 1. The lowest BCUT2D eigenvalue weighted by Crippen LogP contribution is -2.53. The van der Waals surface area contributed by atoms with Crippen LogP contribution in [0.1, 0.15) is 24.6 Å². The zero-order chi connectivity index (χ0) is 17.8. The van der Waals surface area contributed by atoms with Crippen LogP contribution in [0.3, 0.4) is 0 Å². The van der Waals surface area contributed by atoms with Gasteiger partial charge in [0, 0.05) is 36.0 Å². The number of fused-ring (bicyclic) bond motifs is 6. The second kappa shape index (κ2) is 5.66. The van der Waals surface area contributed by atoms with E-state index in [9.17, 15) is 4.79 Å². The predicted octanol–water partition coefficient (Wildman–Crippen LogP) is 2.67. The quantitative estimate of drug-likeness (QED) is 0.579. The second-order valence-electron chi connectivity index (χ2n) is 7.33. The summed E-state index contributed by atoms with van der Waals surface area (Å²) in [6.45, 7) is 2.90. The van der Waals surface area contributed by atoms with E-state index in [4.69, 9.17) is 14.5 Å². The molecule has 0 radical (unpaired) electrons. The highest BCUT2D eigenvalue weighted by molar-refractivity contribution is 6.30. The van der Waals surface area contributed by atoms with Crippen LogP contribution in [-0.4, -0.2) is 24.9 Å². The van der Waals surface area contributed by atoms with Crippen LogP contribution in [-0.2, 0) is 27.2 Å². The van der Waals surface area contributed by atoms with Gasteiger partial charge in [-0.3, -0.25) is 0 Å². The minimum absolute atomic E-state index is 0.0723. The third kappa shape index (κ3) is 2.13. The standard InChI is InChI=1S/C21H21N2O3/c1-12-16-10-23-8-7-14-13-5-3-4-6-18(13)22-20(14)19(23)9-15(16)17(11-26-12)21(24)25-2/h3-5,7-8,11-12,15-16H,6,9-10H2,1-2H3/q+1/t12-,15-,16-/m0/s1. The number of methoxy groups -OCH3 is 1. The molecule has 3 aliphatic heterocycles. The summed E-state index contributed by atoms with van der Waals surface area (Å²) >= 11 is 0. The number of allylic oxidation sites excluding steroid dienone is 4. The second-order valence-corrected chi connectivity index (χ2v) is 7.33. The van der Waals surface area contributed by atoms with E-state index < -0.39 is 0 Å². The molecule has 132 valence electrons. The molecule has 1 aliphatic carbocycles. The number of hydrogen-bond acceptors (Lipinski definition) is 4. The maximum absolute atomic E-state index is 12.3. The minimum atomic E-state index is -0.292. The Morgan fingerprint density at radius 2 is 2.31 bits per heavy atom. The molecule has 5 heteroatoms. The Bertz CT molecular complexity index is 939. The van der Waals surface area contributed by atoms with E-state index in [0.29, 0.717) is 5.57 Å². The maximum atomic E-state index is 12.3. The maximum Gasteiger partial charge on any atom is 0.337 e. The highest BCUT2D eigenvalue weighted by Gasteiger charge is 2.46. The number of esters is 1. The normalized spacial score (nSPS) is 27.8. The minimum Gasteiger partial charge on any atom is -0.497 e. The summed E-state index contributed by atoms with van der Waals surface area (Å²) in [4.78, 5) is 17.2. The summed E-state index contributed by atoms with van der Waals surface area (Å²) in [5.74, 6) is 0.0642. The Kier molecular flexibility index (Phi) is 3.39. The van der Waals surface area contributed by atoms with E-state index >= 15 is 0 Å². The number of nitrogens with zero attached hydrogens (tertiary/aromatic N) is 2. The number of pyridine rings is 1. The van der Waals surface area contributed by atoms with Crippen molar-refractivity contribution in [2.24, 2.45) is 16.8 Å². The summed E-state index contributed by atoms with van der Waals surface area (Å²) in [6.07, 6.45) is 11.9. The highest BCUT2D eigenvalue weighted by Crippen LogP contribution is 2.43. The van der Waals surface area contributed by atoms with Crippen LogP contribution >= 0.6 is 0 Å². The van der Waals surface area contributed by atoms with Crippen molar-refractivity contribution in [2.75, 3.05) is 7.11 Å². The van der Waals surface area contributed by atoms with E-state index in [1.807, 2.05) is 0 Å². The van der Waals surface area contributed by atoms with Gasteiger partial charge < -0.3 is 9.47 Å². The molecule has 0 saturated heterocycles. The van der Waals surface area contributed by atoms with Gasteiger partial charge in [-0.05, 0) is 6.92 Å². The fraction of sp³-hybridized carbons (Fsp3) is 0.381. The van der Waals surface area contributed by atoms with E-state index in [1.54, 1.807) is 6.26 Å². The third-order valence-corrected chi connectivity index (χ3v) is 6.03. The summed E-state index contributed by atoms with van der Waals surface area (Å²) in [5.41, 5.74) is 6.50. The van der Waals surface area contributed by atoms with E-state index in [0.717, 1.165) is 30.8 Å². The first-order valence-corrected chi connectivity index (χ1v) is 9.11. The summed E-state index contributed by atoms with van der Waals surface area (Å²) in [7, 11) is 1.43. The molecule has 5 rings (SSSR count). The van der Waals surface area contributed by atoms with Crippen molar-refractivity contribution in [3.63, 3.8) is 0 Å². The molecular formula is C21H21N2O3+. The number of hydrogen-bond donors (Lipinski definition) is 0. The fourth-order valence-corrected chi connectivity index (χ4v) is 4.60. The van der Waals surface area contributed by atoms with Crippen molar-refractivity contribution in [1.82, 2.24) is 0 Å². The molecular weight excluding hydrogens is 328 g/mol. The average molecular weight is 349 g/mol. The molecule has 3 atom stereocenters. The molecule has 1 aromatic heterocycles. The lowest BCUT2D eigenvalue weighted by atomic mass is 9.75. The average Bonchev–Trinajstić information content (AvgIpc) is 3.06. The first kappa shape index (κ1) is 15.6. The molecule has 0 unspecified atom stereocenters. The molecule has 4 heterocycles. The highest BCUT2D eigenvalue weighted by atomic mass is 16.5. The van der Waals surface area contributed by atoms with Gasteiger partial charge in [0.05, 0.1) is 30.6 Å². The summed E-state index contributed by atoms with van der Waals surface area (Å²) in [5, 5.41) is 0. The van der Waals surface area contributed by atoms with Crippen molar-refractivity contribution in [2.45, 2.75) is 32.4 Å². The van der Waals surface area contributed by atoms with E-state index in [2.05, 4.69) is 42.0 Å². The number of carbonyl (C=O) groups is 1. The zero-order valence-corrected chi connectivity index (χ0v) is 14.9. The van der Waals surface area contributed by atoms with Crippen molar-refractivity contribution in [3.8, 4) is 0 Å². The lowest BCUT2D eigenvalue weighted by Gasteiger charge is -2.36. The van der Waals surface area contributed by atoms with Gasteiger partial charge in [-0.25, -0.2) is 14.4 Å². The number of aromatic nitrogens is 1. The molecule has 0 aromatic carbocycles. The first-order valence-electron chi connectivity index (χ1n) is 9.11.